The molecule has 0 aromatic carbocycles. The Kier molecular flexibility index (Phi) is 4.19. The Balaban J connectivity index is 1.92. The largest absolute Gasteiger partial charge is 0.322 e. The number of aromatic nitrogens is 4. The van der Waals surface area contributed by atoms with Crippen molar-refractivity contribution in [3.63, 3.8) is 0 Å². The highest BCUT2D eigenvalue weighted by atomic mass is 32.1. The lowest BCUT2D eigenvalue weighted by atomic mass is 9.97. The Hall–Kier alpha value is -2.41. The van der Waals surface area contributed by atoms with E-state index in [0.717, 1.165) is 46.6 Å². The summed E-state index contributed by atoms with van der Waals surface area (Å²) in [4.78, 5) is 20.3. The lowest BCUT2D eigenvalue weighted by Gasteiger charge is -2.14. The molecule has 3 aromatic heterocycles. The van der Waals surface area contributed by atoms with Crippen LogP contribution in [0.2, 0.25) is 0 Å². The lowest BCUT2D eigenvalue weighted by molar-refractivity contribution is 0.698. The molecule has 26 heavy (non-hydrogen) atoms. The number of thiophene rings is 1. The van der Waals surface area contributed by atoms with Gasteiger partial charge in [0.15, 0.2) is 0 Å². The predicted molar refractivity (Wildman–Crippen MR) is 107 cm³/mol. The van der Waals surface area contributed by atoms with Crippen molar-refractivity contribution in [2.24, 2.45) is 7.05 Å². The standard InChI is InChI=1S/C19H23N5OS/c1-5-10-24-18(25)15-13-8-6-7-9-14(13)26-17(15)21-19(24)20-16-11(2)22-23(4)12(16)3/h5H,1,6-10H2,2-4H3,(H,20,21). The van der Waals surface area contributed by atoms with E-state index < -0.39 is 0 Å². The second kappa shape index (κ2) is 6.39. The Bertz CT molecular complexity index is 1070. The third kappa shape index (κ3) is 2.58. The van der Waals surface area contributed by atoms with Gasteiger partial charge in [-0.05, 0) is 45.1 Å². The monoisotopic (exact) mass is 369 g/mol. The molecule has 0 aliphatic heterocycles. The summed E-state index contributed by atoms with van der Waals surface area (Å²) in [6.45, 7) is 8.19. The summed E-state index contributed by atoms with van der Waals surface area (Å²) >= 11 is 1.67. The molecule has 3 aromatic rings. The van der Waals surface area contributed by atoms with Crippen LogP contribution in [-0.2, 0) is 26.4 Å². The van der Waals surface area contributed by atoms with Gasteiger partial charge < -0.3 is 5.32 Å². The van der Waals surface area contributed by atoms with Crippen LogP contribution in [0.15, 0.2) is 17.4 Å². The third-order valence-corrected chi connectivity index (χ3v) is 6.32. The van der Waals surface area contributed by atoms with Gasteiger partial charge in [-0.2, -0.15) is 5.10 Å². The highest BCUT2D eigenvalue weighted by Crippen LogP contribution is 2.34. The van der Waals surface area contributed by atoms with Crippen molar-refractivity contribution in [2.45, 2.75) is 46.1 Å². The zero-order chi connectivity index (χ0) is 18.4. The first-order chi connectivity index (χ1) is 12.5. The summed E-state index contributed by atoms with van der Waals surface area (Å²) in [5, 5.41) is 8.60. The third-order valence-electron chi connectivity index (χ3n) is 5.13. The summed E-state index contributed by atoms with van der Waals surface area (Å²) in [6, 6.07) is 0. The average Bonchev–Trinajstić information content (AvgIpc) is 3.10. The SMILES string of the molecule is C=CCn1c(Nc2c(C)nn(C)c2C)nc2sc3c(c2c1=O)CCCC3. The molecule has 1 aliphatic rings. The summed E-state index contributed by atoms with van der Waals surface area (Å²) in [6.07, 6.45) is 6.12. The number of fused-ring (bicyclic) bond motifs is 3. The molecule has 6 nitrogen and oxygen atoms in total. The van der Waals surface area contributed by atoms with E-state index in [9.17, 15) is 4.79 Å². The number of aryl methyl sites for hydroxylation is 4. The van der Waals surface area contributed by atoms with Crippen LogP contribution in [0.25, 0.3) is 10.2 Å². The van der Waals surface area contributed by atoms with Crippen LogP contribution in [0.4, 0.5) is 11.6 Å². The number of nitrogens with one attached hydrogen (secondary N) is 1. The lowest BCUT2D eigenvalue weighted by Crippen LogP contribution is -2.24. The van der Waals surface area contributed by atoms with E-state index in [2.05, 4.69) is 17.0 Å². The summed E-state index contributed by atoms with van der Waals surface area (Å²) in [7, 11) is 1.91. The van der Waals surface area contributed by atoms with E-state index in [1.807, 2.05) is 25.6 Å². The van der Waals surface area contributed by atoms with E-state index in [1.165, 1.54) is 16.9 Å². The minimum Gasteiger partial charge on any atom is -0.322 e. The molecule has 0 atom stereocenters. The molecular formula is C19H23N5OS. The van der Waals surface area contributed by atoms with Gasteiger partial charge in [0.1, 0.15) is 4.83 Å². The van der Waals surface area contributed by atoms with Crippen LogP contribution < -0.4 is 10.9 Å². The Morgan fingerprint density at radius 3 is 2.77 bits per heavy atom. The Labute approximate surface area is 156 Å². The van der Waals surface area contributed by atoms with Gasteiger partial charge in [0.2, 0.25) is 5.95 Å². The maximum Gasteiger partial charge on any atom is 0.264 e. The fourth-order valence-corrected chi connectivity index (χ4v) is 4.95. The van der Waals surface area contributed by atoms with Crippen molar-refractivity contribution in [3.8, 4) is 0 Å². The fraction of sp³-hybridized carbons (Fsp3) is 0.421. The Morgan fingerprint density at radius 2 is 2.08 bits per heavy atom. The maximum absolute atomic E-state index is 13.3. The second-order valence-corrected chi connectivity index (χ2v) is 7.91. The molecular weight excluding hydrogens is 346 g/mol. The number of hydrogen-bond acceptors (Lipinski definition) is 5. The summed E-state index contributed by atoms with van der Waals surface area (Å²) in [5.41, 5.74) is 4.03. The van der Waals surface area contributed by atoms with E-state index in [0.29, 0.717) is 12.5 Å². The number of nitrogens with zero attached hydrogens (tertiary/aromatic N) is 4. The van der Waals surface area contributed by atoms with Crippen molar-refractivity contribution < 1.29 is 0 Å². The minimum absolute atomic E-state index is 0.0241. The van der Waals surface area contributed by atoms with Crippen LogP contribution >= 0.6 is 11.3 Å². The van der Waals surface area contributed by atoms with Gasteiger partial charge in [0.25, 0.3) is 5.56 Å². The fourth-order valence-electron chi connectivity index (χ4n) is 3.70. The van der Waals surface area contributed by atoms with Crippen LogP contribution in [0.5, 0.6) is 0 Å². The van der Waals surface area contributed by atoms with Crippen molar-refractivity contribution in [1.82, 2.24) is 19.3 Å². The number of rotatable bonds is 4. The van der Waals surface area contributed by atoms with E-state index in [-0.39, 0.29) is 5.56 Å². The smallest absolute Gasteiger partial charge is 0.264 e. The molecule has 1 aliphatic carbocycles. The molecule has 7 heteroatoms. The van der Waals surface area contributed by atoms with Gasteiger partial charge in [-0.15, -0.1) is 17.9 Å². The molecule has 0 saturated carbocycles. The average molecular weight is 369 g/mol. The molecule has 0 spiro atoms. The van der Waals surface area contributed by atoms with Gasteiger partial charge in [-0.25, -0.2) is 4.98 Å². The molecule has 4 rings (SSSR count). The molecule has 136 valence electrons. The van der Waals surface area contributed by atoms with Crippen LogP contribution in [0, 0.1) is 13.8 Å². The van der Waals surface area contributed by atoms with E-state index >= 15 is 0 Å². The Morgan fingerprint density at radius 1 is 1.31 bits per heavy atom. The van der Waals surface area contributed by atoms with Gasteiger partial charge in [0.05, 0.1) is 22.5 Å². The van der Waals surface area contributed by atoms with Crippen LogP contribution in [-0.4, -0.2) is 19.3 Å². The van der Waals surface area contributed by atoms with Crippen LogP contribution in [0.3, 0.4) is 0 Å². The predicted octanol–water partition coefficient (Wildman–Crippen LogP) is 3.62. The summed E-state index contributed by atoms with van der Waals surface area (Å²) < 4.78 is 3.51. The normalized spacial score (nSPS) is 13.8. The zero-order valence-corrected chi connectivity index (χ0v) is 16.2. The van der Waals surface area contributed by atoms with E-state index in [1.54, 1.807) is 22.0 Å². The highest BCUT2D eigenvalue weighted by molar-refractivity contribution is 7.18. The van der Waals surface area contributed by atoms with Gasteiger partial charge >= 0.3 is 0 Å². The van der Waals surface area contributed by atoms with Crippen molar-refractivity contribution in [3.05, 3.63) is 44.8 Å². The van der Waals surface area contributed by atoms with Crippen molar-refractivity contribution in [2.75, 3.05) is 5.32 Å². The molecule has 0 unspecified atom stereocenters. The second-order valence-electron chi connectivity index (χ2n) is 6.83. The number of hydrogen-bond donors (Lipinski definition) is 1. The minimum atomic E-state index is 0.0241. The number of anilines is 2. The first kappa shape index (κ1) is 17.0. The van der Waals surface area contributed by atoms with Gasteiger partial charge in [-0.3, -0.25) is 14.0 Å². The van der Waals surface area contributed by atoms with Crippen molar-refractivity contribution in [1.29, 1.82) is 0 Å². The molecule has 0 amide bonds. The van der Waals surface area contributed by atoms with E-state index in [4.69, 9.17) is 4.98 Å². The molecule has 0 bridgehead atoms. The topological polar surface area (TPSA) is 64.7 Å². The molecule has 0 radical (unpaired) electrons. The van der Waals surface area contributed by atoms with Crippen molar-refractivity contribution >= 4 is 33.2 Å². The molecule has 0 saturated heterocycles. The van der Waals surface area contributed by atoms with Crippen LogP contribution in [0.1, 0.15) is 34.7 Å². The molecule has 3 heterocycles. The molecule has 1 N–H and O–H groups in total. The highest BCUT2D eigenvalue weighted by Gasteiger charge is 2.22. The quantitative estimate of drug-likeness (QED) is 0.714. The summed E-state index contributed by atoms with van der Waals surface area (Å²) in [5.74, 6) is 0.556. The first-order valence-electron chi connectivity index (χ1n) is 8.94. The zero-order valence-electron chi connectivity index (χ0n) is 15.4. The van der Waals surface area contributed by atoms with Gasteiger partial charge in [0, 0.05) is 18.5 Å². The number of allylic oxidation sites excluding steroid dienone is 1. The first-order valence-corrected chi connectivity index (χ1v) is 9.76. The van der Waals surface area contributed by atoms with Gasteiger partial charge in [-0.1, -0.05) is 6.08 Å². The molecule has 0 fully saturated rings. The maximum atomic E-state index is 13.3.